The number of aliphatic carboxylic acids is 1. The van der Waals surface area contributed by atoms with E-state index in [0.717, 1.165) is 38.5 Å². The van der Waals surface area contributed by atoms with Crippen molar-refractivity contribution >= 4 is 5.97 Å². The molecule has 0 spiro atoms. The number of rotatable bonds is 13. The first-order valence-electron chi connectivity index (χ1n) is 8.89. The van der Waals surface area contributed by atoms with Crippen LogP contribution in [0.4, 0.5) is 0 Å². The highest BCUT2D eigenvalue weighted by Gasteiger charge is 2.22. The molecule has 0 aliphatic heterocycles. The lowest BCUT2D eigenvalue weighted by atomic mass is 10.1. The minimum absolute atomic E-state index is 0.264. The van der Waals surface area contributed by atoms with Gasteiger partial charge in [-0.3, -0.25) is 0 Å². The van der Waals surface area contributed by atoms with Crippen LogP contribution >= 0.6 is 0 Å². The molecule has 0 aliphatic rings. The van der Waals surface area contributed by atoms with Crippen LogP contribution in [0.2, 0.25) is 0 Å². The molecule has 1 unspecified atom stereocenters. The molecule has 0 fully saturated rings. The van der Waals surface area contributed by atoms with Gasteiger partial charge in [-0.15, -0.1) is 0 Å². The normalized spacial score (nSPS) is 13.9. The molecule has 144 valence electrons. The Labute approximate surface area is 146 Å². The number of unbranched alkanes of at least 4 members (excludes halogenated alkanes) is 5. The summed E-state index contributed by atoms with van der Waals surface area (Å²) in [6.07, 6.45) is 5.61. The molecule has 0 rings (SSSR count). The quantitative estimate of drug-likeness (QED) is 0.296. The Morgan fingerprint density at radius 2 is 1.33 bits per heavy atom. The molecule has 0 radical (unpaired) electrons. The molecule has 0 aromatic rings. The molecule has 24 heavy (non-hydrogen) atoms. The Morgan fingerprint density at radius 1 is 0.833 bits per heavy atom. The van der Waals surface area contributed by atoms with Gasteiger partial charge in [-0.25, -0.2) is 24.3 Å². The SMILES string of the molecule is CC(C)(C)OOCCCCCCCCC(OOC(C)(C)C)C(=O)O. The molecule has 0 saturated carbocycles. The summed E-state index contributed by atoms with van der Waals surface area (Å²) in [6.45, 7) is 11.9. The van der Waals surface area contributed by atoms with E-state index < -0.39 is 17.7 Å². The highest BCUT2D eigenvalue weighted by molar-refractivity contribution is 5.72. The highest BCUT2D eigenvalue weighted by Crippen LogP contribution is 2.15. The Balaban J connectivity index is 3.57. The second-order valence-electron chi connectivity index (χ2n) is 8.05. The topological polar surface area (TPSA) is 74.2 Å². The van der Waals surface area contributed by atoms with E-state index in [1.165, 1.54) is 0 Å². The number of hydrogen-bond donors (Lipinski definition) is 1. The molecule has 6 heteroatoms. The van der Waals surface area contributed by atoms with Crippen molar-refractivity contribution in [2.45, 2.75) is 104 Å². The molecule has 0 bridgehead atoms. The minimum Gasteiger partial charge on any atom is -0.479 e. The maximum atomic E-state index is 11.1. The molecule has 1 atom stereocenters. The van der Waals surface area contributed by atoms with Gasteiger partial charge in [0.25, 0.3) is 0 Å². The summed E-state index contributed by atoms with van der Waals surface area (Å²) in [5.41, 5.74) is -0.772. The van der Waals surface area contributed by atoms with Crippen molar-refractivity contribution in [2.75, 3.05) is 6.61 Å². The number of carboxylic acids is 1. The van der Waals surface area contributed by atoms with Crippen LogP contribution in [0.3, 0.4) is 0 Å². The van der Waals surface area contributed by atoms with Crippen molar-refractivity contribution in [3.63, 3.8) is 0 Å². The van der Waals surface area contributed by atoms with Crippen molar-refractivity contribution in [3.05, 3.63) is 0 Å². The molecular weight excluding hydrogens is 312 g/mol. The second-order valence-corrected chi connectivity index (χ2v) is 8.05. The Hall–Kier alpha value is -0.690. The van der Waals surface area contributed by atoms with Gasteiger partial charge in [0.05, 0.1) is 17.8 Å². The van der Waals surface area contributed by atoms with Crippen molar-refractivity contribution in [2.24, 2.45) is 0 Å². The van der Waals surface area contributed by atoms with E-state index in [9.17, 15) is 4.79 Å². The fourth-order valence-corrected chi connectivity index (χ4v) is 1.83. The third kappa shape index (κ3) is 16.2. The number of carboxylic acid groups (broad SMARTS) is 1. The van der Waals surface area contributed by atoms with Crippen molar-refractivity contribution in [1.29, 1.82) is 0 Å². The minimum atomic E-state index is -0.977. The molecule has 0 heterocycles. The van der Waals surface area contributed by atoms with E-state index in [4.69, 9.17) is 24.7 Å². The summed E-state index contributed by atoms with van der Waals surface area (Å²) >= 11 is 0. The molecule has 0 aromatic carbocycles. The third-order valence-corrected chi connectivity index (χ3v) is 2.94. The first-order chi connectivity index (χ1) is 11.0. The second kappa shape index (κ2) is 11.8. The van der Waals surface area contributed by atoms with E-state index in [1.807, 2.05) is 41.5 Å². The monoisotopic (exact) mass is 348 g/mol. The van der Waals surface area contributed by atoms with E-state index in [0.29, 0.717) is 13.0 Å². The molecular formula is C18H36O6. The maximum absolute atomic E-state index is 11.1. The summed E-state index contributed by atoms with van der Waals surface area (Å²) in [5, 5.41) is 9.12. The predicted octanol–water partition coefficient (Wildman–Crippen LogP) is 4.66. The van der Waals surface area contributed by atoms with Gasteiger partial charge in [0.1, 0.15) is 0 Å². The van der Waals surface area contributed by atoms with E-state index in [-0.39, 0.29) is 5.60 Å². The first kappa shape index (κ1) is 23.3. The highest BCUT2D eigenvalue weighted by atomic mass is 17.2. The molecule has 0 saturated heterocycles. The summed E-state index contributed by atoms with van der Waals surface area (Å²) in [5.74, 6) is -0.977. The summed E-state index contributed by atoms with van der Waals surface area (Å²) in [7, 11) is 0. The van der Waals surface area contributed by atoms with E-state index >= 15 is 0 Å². The molecule has 6 nitrogen and oxygen atoms in total. The number of carbonyl (C=O) groups is 1. The fourth-order valence-electron chi connectivity index (χ4n) is 1.83. The zero-order valence-electron chi connectivity index (χ0n) is 16.2. The van der Waals surface area contributed by atoms with Crippen LogP contribution in [-0.2, 0) is 24.3 Å². The molecule has 0 aromatic heterocycles. The molecule has 1 N–H and O–H groups in total. The average Bonchev–Trinajstić information content (AvgIpc) is 2.41. The van der Waals surface area contributed by atoms with Crippen LogP contribution in [0, 0.1) is 0 Å². The van der Waals surface area contributed by atoms with Crippen molar-refractivity contribution < 1.29 is 29.5 Å². The number of hydrogen-bond acceptors (Lipinski definition) is 5. The van der Waals surface area contributed by atoms with Gasteiger partial charge in [0.2, 0.25) is 0 Å². The van der Waals surface area contributed by atoms with Crippen molar-refractivity contribution in [3.8, 4) is 0 Å². The van der Waals surface area contributed by atoms with Crippen LogP contribution in [-0.4, -0.2) is 35.0 Å². The third-order valence-electron chi connectivity index (χ3n) is 2.94. The van der Waals surface area contributed by atoms with Crippen LogP contribution in [0.5, 0.6) is 0 Å². The Morgan fingerprint density at radius 3 is 1.83 bits per heavy atom. The lowest BCUT2D eigenvalue weighted by molar-refractivity contribution is -0.368. The Kier molecular flexibility index (Phi) is 11.5. The van der Waals surface area contributed by atoms with Gasteiger partial charge < -0.3 is 5.11 Å². The van der Waals surface area contributed by atoms with Crippen molar-refractivity contribution in [1.82, 2.24) is 0 Å². The summed E-state index contributed by atoms with van der Waals surface area (Å²) in [4.78, 5) is 31.6. The van der Waals surface area contributed by atoms with Gasteiger partial charge >= 0.3 is 5.97 Å². The van der Waals surface area contributed by atoms with Gasteiger partial charge in [0, 0.05) is 0 Å². The van der Waals surface area contributed by atoms with Crippen LogP contribution in [0.25, 0.3) is 0 Å². The largest absolute Gasteiger partial charge is 0.479 e. The zero-order chi connectivity index (χ0) is 18.6. The maximum Gasteiger partial charge on any atom is 0.336 e. The van der Waals surface area contributed by atoms with Crippen LogP contribution in [0.15, 0.2) is 0 Å². The first-order valence-corrected chi connectivity index (χ1v) is 8.89. The molecule has 0 amide bonds. The fraction of sp³-hybridized carbons (Fsp3) is 0.944. The van der Waals surface area contributed by atoms with Gasteiger partial charge in [0.15, 0.2) is 6.10 Å². The average molecular weight is 348 g/mol. The summed E-state index contributed by atoms with van der Waals surface area (Å²) in [6, 6.07) is 0. The van der Waals surface area contributed by atoms with E-state index in [1.54, 1.807) is 0 Å². The standard InChI is InChI=1S/C18H36O6/c1-17(2,3)23-21-14-12-10-8-7-9-11-13-15(16(19)20)22-24-18(4,5)6/h15H,7-14H2,1-6H3,(H,19,20). The zero-order valence-corrected chi connectivity index (χ0v) is 16.2. The van der Waals surface area contributed by atoms with Crippen LogP contribution < -0.4 is 0 Å². The molecule has 0 aliphatic carbocycles. The predicted molar refractivity (Wildman–Crippen MR) is 92.5 cm³/mol. The van der Waals surface area contributed by atoms with Gasteiger partial charge in [-0.2, -0.15) is 0 Å². The lowest BCUT2D eigenvalue weighted by Crippen LogP contribution is -2.29. The Bertz CT molecular complexity index is 329. The van der Waals surface area contributed by atoms with Gasteiger partial charge in [-0.05, 0) is 54.4 Å². The van der Waals surface area contributed by atoms with Crippen LogP contribution in [0.1, 0.15) is 86.5 Å². The van der Waals surface area contributed by atoms with Gasteiger partial charge in [-0.1, -0.05) is 32.1 Å². The smallest absolute Gasteiger partial charge is 0.336 e. The lowest BCUT2D eigenvalue weighted by Gasteiger charge is -2.21. The van der Waals surface area contributed by atoms with E-state index in [2.05, 4.69) is 0 Å². The summed E-state index contributed by atoms with van der Waals surface area (Å²) < 4.78 is 0.